The van der Waals surface area contributed by atoms with Gasteiger partial charge in [0, 0.05) is 35.6 Å². The Morgan fingerprint density at radius 2 is 1.96 bits per heavy atom. The summed E-state index contributed by atoms with van der Waals surface area (Å²) in [6.45, 7) is 2.00. The quantitative estimate of drug-likeness (QED) is 0.591. The standard InChI is InChI=1S/C20H17ClN4/c1-13-11-25-12-15(7-14-5-6-19(22)23-10-14)8-18(20(25)24-13)16-3-2-4-17(21)9-16/h2-6,8-12H,7H2,1H3,(H2,22,23). The van der Waals surface area contributed by atoms with E-state index < -0.39 is 0 Å². The largest absolute Gasteiger partial charge is 0.384 e. The van der Waals surface area contributed by atoms with Gasteiger partial charge in [0.25, 0.3) is 0 Å². The molecule has 25 heavy (non-hydrogen) atoms. The lowest BCUT2D eigenvalue weighted by Crippen LogP contribution is -1.97. The molecule has 0 amide bonds. The van der Waals surface area contributed by atoms with Crippen LogP contribution in [0.15, 0.2) is 61.1 Å². The van der Waals surface area contributed by atoms with E-state index in [-0.39, 0.29) is 0 Å². The summed E-state index contributed by atoms with van der Waals surface area (Å²) in [4.78, 5) is 8.85. The first kappa shape index (κ1) is 15.7. The zero-order valence-electron chi connectivity index (χ0n) is 13.8. The fourth-order valence-electron chi connectivity index (χ4n) is 3.02. The Morgan fingerprint density at radius 1 is 1.08 bits per heavy atom. The van der Waals surface area contributed by atoms with Gasteiger partial charge in [0.05, 0.1) is 5.69 Å². The molecule has 0 radical (unpaired) electrons. The van der Waals surface area contributed by atoms with Crippen LogP contribution in [0.3, 0.4) is 0 Å². The fraction of sp³-hybridized carbons (Fsp3) is 0.100. The Kier molecular flexibility index (Phi) is 3.90. The lowest BCUT2D eigenvalue weighted by Gasteiger charge is -2.09. The van der Waals surface area contributed by atoms with Crippen molar-refractivity contribution < 1.29 is 0 Å². The second-order valence-electron chi connectivity index (χ2n) is 6.15. The molecule has 5 heteroatoms. The number of hydrogen-bond acceptors (Lipinski definition) is 3. The van der Waals surface area contributed by atoms with Crippen LogP contribution in [0, 0.1) is 6.92 Å². The van der Waals surface area contributed by atoms with Crippen molar-refractivity contribution in [1.82, 2.24) is 14.4 Å². The van der Waals surface area contributed by atoms with E-state index in [1.165, 1.54) is 5.56 Å². The van der Waals surface area contributed by atoms with Gasteiger partial charge in [-0.2, -0.15) is 0 Å². The van der Waals surface area contributed by atoms with Crippen molar-refractivity contribution >= 4 is 23.1 Å². The molecule has 0 aliphatic carbocycles. The smallest absolute Gasteiger partial charge is 0.144 e. The van der Waals surface area contributed by atoms with Crippen LogP contribution in [0.5, 0.6) is 0 Å². The van der Waals surface area contributed by atoms with E-state index >= 15 is 0 Å². The Hall–Kier alpha value is -2.85. The number of pyridine rings is 2. The van der Waals surface area contributed by atoms with Gasteiger partial charge in [-0.25, -0.2) is 9.97 Å². The first-order valence-electron chi connectivity index (χ1n) is 8.03. The summed E-state index contributed by atoms with van der Waals surface area (Å²) in [6, 6.07) is 13.9. The maximum Gasteiger partial charge on any atom is 0.144 e. The second-order valence-corrected chi connectivity index (χ2v) is 6.59. The molecular formula is C20H17ClN4. The molecule has 4 rings (SSSR count). The summed E-state index contributed by atoms with van der Waals surface area (Å²) in [6.07, 6.45) is 6.74. The van der Waals surface area contributed by atoms with Crippen molar-refractivity contribution in [3.63, 3.8) is 0 Å². The first-order chi connectivity index (χ1) is 12.1. The van der Waals surface area contributed by atoms with Gasteiger partial charge in [-0.1, -0.05) is 29.8 Å². The van der Waals surface area contributed by atoms with E-state index in [2.05, 4.69) is 32.7 Å². The predicted molar refractivity (Wildman–Crippen MR) is 102 cm³/mol. The SMILES string of the molecule is Cc1cn2cc(Cc3ccc(N)nc3)cc(-c3cccc(Cl)c3)c2n1. The van der Waals surface area contributed by atoms with E-state index in [0.29, 0.717) is 10.8 Å². The van der Waals surface area contributed by atoms with Crippen LogP contribution in [0.25, 0.3) is 16.8 Å². The van der Waals surface area contributed by atoms with Crippen LogP contribution in [0.2, 0.25) is 5.02 Å². The lowest BCUT2D eigenvalue weighted by molar-refractivity contribution is 1.09. The molecule has 0 aliphatic rings. The highest BCUT2D eigenvalue weighted by atomic mass is 35.5. The summed E-state index contributed by atoms with van der Waals surface area (Å²) in [5, 5.41) is 0.715. The minimum absolute atomic E-state index is 0.532. The molecule has 0 unspecified atom stereocenters. The zero-order valence-corrected chi connectivity index (χ0v) is 14.5. The number of nitrogens with two attached hydrogens (primary N) is 1. The minimum Gasteiger partial charge on any atom is -0.384 e. The third kappa shape index (κ3) is 3.21. The summed E-state index contributed by atoms with van der Waals surface area (Å²) in [5.74, 6) is 0.532. The maximum absolute atomic E-state index is 6.19. The molecule has 3 aromatic heterocycles. The molecule has 0 saturated heterocycles. The number of nitrogen functional groups attached to an aromatic ring is 1. The number of benzene rings is 1. The molecule has 4 aromatic rings. The first-order valence-corrected chi connectivity index (χ1v) is 8.41. The number of nitrogens with zero attached hydrogens (tertiary/aromatic N) is 3. The van der Waals surface area contributed by atoms with Gasteiger partial charge in [-0.05, 0) is 47.9 Å². The monoisotopic (exact) mass is 348 g/mol. The van der Waals surface area contributed by atoms with Crippen molar-refractivity contribution in [1.29, 1.82) is 0 Å². The number of aromatic nitrogens is 3. The van der Waals surface area contributed by atoms with Gasteiger partial charge in [0.15, 0.2) is 0 Å². The van der Waals surface area contributed by atoms with Crippen molar-refractivity contribution in [2.24, 2.45) is 0 Å². The Bertz CT molecular complexity index is 1050. The molecule has 0 aliphatic heterocycles. The van der Waals surface area contributed by atoms with E-state index in [1.807, 2.05) is 49.6 Å². The summed E-state index contributed by atoms with van der Waals surface area (Å²) in [7, 11) is 0. The van der Waals surface area contributed by atoms with Crippen LogP contribution in [0.1, 0.15) is 16.8 Å². The predicted octanol–water partition coefficient (Wildman–Crippen LogP) is 4.53. The third-order valence-electron chi connectivity index (χ3n) is 4.12. The van der Waals surface area contributed by atoms with Gasteiger partial charge in [-0.3, -0.25) is 0 Å². The molecule has 2 N–H and O–H groups in total. The summed E-state index contributed by atoms with van der Waals surface area (Å²) in [5.41, 5.74) is 12.0. The van der Waals surface area contributed by atoms with Crippen molar-refractivity contribution in [2.45, 2.75) is 13.3 Å². The average Bonchev–Trinajstić information content (AvgIpc) is 2.96. The highest BCUT2D eigenvalue weighted by Crippen LogP contribution is 2.28. The Morgan fingerprint density at radius 3 is 2.72 bits per heavy atom. The number of hydrogen-bond donors (Lipinski definition) is 1. The summed E-state index contributed by atoms with van der Waals surface area (Å²) < 4.78 is 2.08. The highest BCUT2D eigenvalue weighted by molar-refractivity contribution is 6.30. The highest BCUT2D eigenvalue weighted by Gasteiger charge is 2.10. The number of fused-ring (bicyclic) bond motifs is 1. The lowest BCUT2D eigenvalue weighted by atomic mass is 10.0. The second kappa shape index (κ2) is 6.22. The van der Waals surface area contributed by atoms with Gasteiger partial charge in [0.2, 0.25) is 0 Å². The topological polar surface area (TPSA) is 56.2 Å². The molecular weight excluding hydrogens is 332 g/mol. The van der Waals surface area contributed by atoms with Gasteiger partial charge >= 0.3 is 0 Å². The zero-order chi connectivity index (χ0) is 17.4. The van der Waals surface area contributed by atoms with Crippen LogP contribution < -0.4 is 5.73 Å². The van der Waals surface area contributed by atoms with Crippen molar-refractivity contribution in [2.75, 3.05) is 5.73 Å². The maximum atomic E-state index is 6.19. The van der Waals surface area contributed by atoms with E-state index in [1.54, 1.807) is 0 Å². The molecule has 0 saturated carbocycles. The van der Waals surface area contributed by atoms with Gasteiger partial charge in [0.1, 0.15) is 11.5 Å². The average molecular weight is 349 g/mol. The number of aryl methyl sites for hydroxylation is 1. The molecule has 0 bridgehead atoms. The van der Waals surface area contributed by atoms with Crippen LogP contribution >= 0.6 is 11.6 Å². The molecule has 3 heterocycles. The van der Waals surface area contributed by atoms with E-state index in [9.17, 15) is 0 Å². The van der Waals surface area contributed by atoms with Crippen LogP contribution in [0.4, 0.5) is 5.82 Å². The molecule has 0 spiro atoms. The van der Waals surface area contributed by atoms with Crippen molar-refractivity contribution in [3.8, 4) is 11.1 Å². The fourth-order valence-corrected chi connectivity index (χ4v) is 3.21. The Labute approximate surface area is 150 Å². The third-order valence-corrected chi connectivity index (χ3v) is 4.35. The normalized spacial score (nSPS) is 11.1. The van der Waals surface area contributed by atoms with Crippen LogP contribution in [-0.4, -0.2) is 14.4 Å². The molecule has 124 valence electrons. The Balaban J connectivity index is 1.84. The van der Waals surface area contributed by atoms with Gasteiger partial charge < -0.3 is 10.1 Å². The molecule has 0 fully saturated rings. The molecule has 1 aromatic carbocycles. The minimum atomic E-state index is 0.532. The molecule has 0 atom stereocenters. The molecule has 4 nitrogen and oxygen atoms in total. The number of imidazole rings is 1. The van der Waals surface area contributed by atoms with Crippen molar-refractivity contribution in [3.05, 3.63) is 82.9 Å². The van der Waals surface area contributed by atoms with Gasteiger partial charge in [-0.15, -0.1) is 0 Å². The number of rotatable bonds is 3. The van der Waals surface area contributed by atoms with Crippen LogP contribution in [-0.2, 0) is 6.42 Å². The summed E-state index contributed by atoms with van der Waals surface area (Å²) >= 11 is 6.19. The number of halogens is 1. The number of anilines is 1. The van der Waals surface area contributed by atoms with E-state index in [0.717, 1.165) is 34.5 Å². The van der Waals surface area contributed by atoms with E-state index in [4.69, 9.17) is 17.3 Å².